The van der Waals surface area contributed by atoms with Gasteiger partial charge in [0.2, 0.25) is 0 Å². The Morgan fingerprint density at radius 1 is 1.41 bits per heavy atom. The summed E-state index contributed by atoms with van der Waals surface area (Å²) in [7, 11) is 0. The number of nitrogens with zero attached hydrogens (tertiary/aromatic N) is 2. The lowest BCUT2D eigenvalue weighted by atomic mass is 9.97. The molecule has 0 fully saturated rings. The molecule has 0 aliphatic carbocycles. The summed E-state index contributed by atoms with van der Waals surface area (Å²) in [5.41, 5.74) is 4.59. The molecular formula is C12H12N4O. The molecule has 2 N–H and O–H groups in total. The fraction of sp³-hybridized carbons (Fsp3) is 0.250. The number of hydrogen-bond acceptors (Lipinski definition) is 3. The summed E-state index contributed by atoms with van der Waals surface area (Å²) < 4.78 is 0. The third-order valence-corrected chi connectivity index (χ3v) is 3.07. The monoisotopic (exact) mass is 228 g/mol. The summed E-state index contributed by atoms with van der Waals surface area (Å²) in [5, 5.41) is 9.52. The lowest BCUT2D eigenvalue weighted by molar-refractivity contribution is 0.0965. The van der Waals surface area contributed by atoms with Crippen molar-refractivity contribution in [3.63, 3.8) is 0 Å². The number of H-pyrrole nitrogens is 1. The Bertz CT molecular complexity index is 574. The Kier molecular flexibility index (Phi) is 2.18. The summed E-state index contributed by atoms with van der Waals surface area (Å²) in [6, 6.07) is 0. The molecule has 2 aromatic rings. The zero-order chi connectivity index (χ0) is 11.8. The van der Waals surface area contributed by atoms with Gasteiger partial charge in [-0.1, -0.05) is 6.92 Å². The first-order valence-electron chi connectivity index (χ1n) is 5.59. The van der Waals surface area contributed by atoms with Crippen molar-refractivity contribution >= 4 is 5.91 Å². The van der Waals surface area contributed by atoms with E-state index in [0.29, 0.717) is 6.54 Å². The van der Waals surface area contributed by atoms with E-state index in [1.807, 2.05) is 19.3 Å². The van der Waals surface area contributed by atoms with E-state index in [0.717, 1.165) is 34.4 Å². The van der Waals surface area contributed by atoms with Crippen LogP contribution in [0.4, 0.5) is 0 Å². The predicted octanol–water partition coefficient (Wildman–Crippen LogP) is 1.28. The zero-order valence-electron chi connectivity index (χ0n) is 9.45. The number of nitrogens with one attached hydrogen (secondary N) is 2. The fourth-order valence-electron chi connectivity index (χ4n) is 2.26. The summed E-state index contributed by atoms with van der Waals surface area (Å²) in [6.07, 6.45) is 6.19. The van der Waals surface area contributed by atoms with E-state index in [2.05, 4.69) is 20.5 Å². The Balaban J connectivity index is 2.25. The molecule has 0 unspecified atom stereocenters. The van der Waals surface area contributed by atoms with E-state index >= 15 is 0 Å². The SMILES string of the molecule is CCc1c(-c2cn[nH]c2)cnc2c1C(=O)NC2. The van der Waals surface area contributed by atoms with Crippen LogP contribution in [0.5, 0.6) is 0 Å². The van der Waals surface area contributed by atoms with Crippen molar-refractivity contribution < 1.29 is 4.79 Å². The van der Waals surface area contributed by atoms with Gasteiger partial charge < -0.3 is 5.32 Å². The molecule has 5 nitrogen and oxygen atoms in total. The highest BCUT2D eigenvalue weighted by Crippen LogP contribution is 2.28. The molecule has 0 saturated heterocycles. The topological polar surface area (TPSA) is 70.7 Å². The highest BCUT2D eigenvalue weighted by atomic mass is 16.1. The number of fused-ring (bicyclic) bond motifs is 1. The number of amides is 1. The molecule has 1 aliphatic heterocycles. The summed E-state index contributed by atoms with van der Waals surface area (Å²) in [5.74, 6) is -0.0188. The van der Waals surface area contributed by atoms with Crippen LogP contribution >= 0.6 is 0 Å². The van der Waals surface area contributed by atoms with Gasteiger partial charge in [0.05, 0.1) is 24.0 Å². The van der Waals surface area contributed by atoms with Crippen molar-refractivity contribution in [1.82, 2.24) is 20.5 Å². The maximum atomic E-state index is 11.8. The number of hydrogen-bond donors (Lipinski definition) is 2. The van der Waals surface area contributed by atoms with Gasteiger partial charge in [-0.05, 0) is 12.0 Å². The molecule has 0 atom stereocenters. The van der Waals surface area contributed by atoms with Gasteiger partial charge in [-0.2, -0.15) is 5.10 Å². The molecule has 1 aliphatic rings. The molecule has 17 heavy (non-hydrogen) atoms. The molecule has 1 amide bonds. The third kappa shape index (κ3) is 1.43. The quantitative estimate of drug-likeness (QED) is 0.813. The van der Waals surface area contributed by atoms with Gasteiger partial charge in [0, 0.05) is 23.5 Å². The lowest BCUT2D eigenvalue weighted by Crippen LogP contribution is -2.14. The van der Waals surface area contributed by atoms with E-state index < -0.39 is 0 Å². The number of pyridine rings is 1. The van der Waals surface area contributed by atoms with Gasteiger partial charge in [0.1, 0.15) is 0 Å². The van der Waals surface area contributed by atoms with Crippen LogP contribution in [0.25, 0.3) is 11.1 Å². The van der Waals surface area contributed by atoms with E-state index in [1.54, 1.807) is 6.20 Å². The highest BCUT2D eigenvalue weighted by Gasteiger charge is 2.25. The Morgan fingerprint density at radius 2 is 2.29 bits per heavy atom. The minimum absolute atomic E-state index is 0.0188. The minimum atomic E-state index is -0.0188. The van der Waals surface area contributed by atoms with Crippen molar-refractivity contribution in [2.24, 2.45) is 0 Å². The first-order valence-corrected chi connectivity index (χ1v) is 5.59. The Labute approximate surface area is 98.3 Å². The van der Waals surface area contributed by atoms with Gasteiger partial charge in [0.15, 0.2) is 0 Å². The fourth-order valence-corrected chi connectivity index (χ4v) is 2.26. The van der Waals surface area contributed by atoms with Crippen LogP contribution < -0.4 is 5.32 Å². The van der Waals surface area contributed by atoms with Crippen LogP contribution in [-0.4, -0.2) is 21.1 Å². The maximum absolute atomic E-state index is 11.8. The van der Waals surface area contributed by atoms with E-state index in [4.69, 9.17) is 0 Å². The molecule has 2 aromatic heterocycles. The molecule has 0 spiro atoms. The molecular weight excluding hydrogens is 216 g/mol. The second-order valence-electron chi connectivity index (χ2n) is 4.00. The molecule has 5 heteroatoms. The molecule has 3 heterocycles. The summed E-state index contributed by atoms with van der Waals surface area (Å²) >= 11 is 0. The largest absolute Gasteiger partial charge is 0.346 e. The summed E-state index contributed by atoms with van der Waals surface area (Å²) in [4.78, 5) is 16.1. The van der Waals surface area contributed by atoms with Crippen molar-refractivity contribution in [1.29, 1.82) is 0 Å². The average Bonchev–Trinajstić information content (AvgIpc) is 2.98. The molecule has 86 valence electrons. The number of aromatic nitrogens is 3. The number of carbonyl (C=O) groups is 1. The van der Waals surface area contributed by atoms with Gasteiger partial charge in [0.25, 0.3) is 5.91 Å². The first-order chi connectivity index (χ1) is 8.31. The van der Waals surface area contributed by atoms with Gasteiger partial charge >= 0.3 is 0 Å². The second-order valence-corrected chi connectivity index (χ2v) is 4.00. The number of aromatic amines is 1. The smallest absolute Gasteiger partial charge is 0.253 e. The normalized spacial score (nSPS) is 13.6. The minimum Gasteiger partial charge on any atom is -0.346 e. The summed E-state index contributed by atoms with van der Waals surface area (Å²) in [6.45, 7) is 2.58. The predicted molar refractivity (Wildman–Crippen MR) is 62.4 cm³/mol. The number of carbonyl (C=O) groups excluding carboxylic acids is 1. The Morgan fingerprint density at radius 3 is 3.00 bits per heavy atom. The number of rotatable bonds is 2. The second kappa shape index (κ2) is 3.69. The van der Waals surface area contributed by atoms with Gasteiger partial charge in [-0.25, -0.2) is 0 Å². The Hall–Kier alpha value is -2.17. The van der Waals surface area contributed by atoms with Crippen LogP contribution in [0.15, 0.2) is 18.6 Å². The van der Waals surface area contributed by atoms with E-state index in [-0.39, 0.29) is 5.91 Å². The average molecular weight is 228 g/mol. The van der Waals surface area contributed by atoms with Gasteiger partial charge in [-0.3, -0.25) is 14.9 Å². The maximum Gasteiger partial charge on any atom is 0.253 e. The van der Waals surface area contributed by atoms with E-state index in [1.165, 1.54) is 0 Å². The molecule has 0 bridgehead atoms. The molecule has 0 saturated carbocycles. The van der Waals surface area contributed by atoms with Crippen molar-refractivity contribution in [2.75, 3.05) is 0 Å². The van der Waals surface area contributed by atoms with Crippen LogP contribution in [0, 0.1) is 0 Å². The van der Waals surface area contributed by atoms with Crippen molar-refractivity contribution in [3.8, 4) is 11.1 Å². The van der Waals surface area contributed by atoms with Gasteiger partial charge in [-0.15, -0.1) is 0 Å². The first kappa shape index (κ1) is 10.0. The van der Waals surface area contributed by atoms with Crippen LogP contribution in [-0.2, 0) is 13.0 Å². The van der Waals surface area contributed by atoms with Crippen molar-refractivity contribution in [2.45, 2.75) is 19.9 Å². The molecule has 3 rings (SSSR count). The lowest BCUT2D eigenvalue weighted by Gasteiger charge is -2.09. The van der Waals surface area contributed by atoms with E-state index in [9.17, 15) is 4.79 Å². The highest BCUT2D eigenvalue weighted by molar-refractivity contribution is 6.00. The van der Waals surface area contributed by atoms with Crippen molar-refractivity contribution in [3.05, 3.63) is 35.4 Å². The zero-order valence-corrected chi connectivity index (χ0v) is 9.45. The third-order valence-electron chi connectivity index (χ3n) is 3.07. The molecule has 0 aromatic carbocycles. The standard InChI is InChI=1S/C12H12N4O/c1-2-8-9(7-3-15-16-4-7)5-13-10-6-14-12(17)11(8)10/h3-5H,2,6H2,1H3,(H,14,17)(H,15,16). The van der Waals surface area contributed by atoms with Crippen LogP contribution in [0.2, 0.25) is 0 Å². The molecule has 0 radical (unpaired) electrons. The van der Waals surface area contributed by atoms with Crippen LogP contribution in [0.1, 0.15) is 28.5 Å². The van der Waals surface area contributed by atoms with Crippen LogP contribution in [0.3, 0.4) is 0 Å².